The SMILES string of the molecule is CCCC(N)(CCC)c1ccc(N=Nc2c(O)c(C(=O)Nc3cccc(F)c3)cc3ccccc23)cc1. The zero-order valence-corrected chi connectivity index (χ0v) is 21.0. The van der Waals surface area contributed by atoms with Crippen molar-refractivity contribution in [3.63, 3.8) is 0 Å². The Hall–Kier alpha value is -4.10. The minimum Gasteiger partial charge on any atom is -0.505 e. The number of carbonyl (C=O) groups is 1. The van der Waals surface area contributed by atoms with Crippen LogP contribution in [0.25, 0.3) is 10.8 Å². The highest BCUT2D eigenvalue weighted by molar-refractivity contribution is 6.11. The van der Waals surface area contributed by atoms with Gasteiger partial charge >= 0.3 is 0 Å². The molecule has 0 fully saturated rings. The molecule has 0 heterocycles. The number of anilines is 1. The fourth-order valence-corrected chi connectivity index (χ4v) is 4.63. The zero-order valence-electron chi connectivity index (χ0n) is 21.0. The molecule has 0 spiro atoms. The fourth-order valence-electron chi connectivity index (χ4n) is 4.63. The second-order valence-electron chi connectivity index (χ2n) is 9.21. The average Bonchev–Trinajstić information content (AvgIpc) is 2.88. The Morgan fingerprint density at radius 3 is 2.32 bits per heavy atom. The summed E-state index contributed by atoms with van der Waals surface area (Å²) in [6.07, 6.45) is 3.78. The second kappa shape index (κ2) is 11.3. The monoisotopic (exact) mass is 498 g/mol. The van der Waals surface area contributed by atoms with Gasteiger partial charge < -0.3 is 16.2 Å². The van der Waals surface area contributed by atoms with Crippen molar-refractivity contribution in [3.05, 3.63) is 95.8 Å². The summed E-state index contributed by atoms with van der Waals surface area (Å²) in [7, 11) is 0. The molecule has 4 aromatic rings. The molecule has 190 valence electrons. The van der Waals surface area contributed by atoms with Gasteiger partial charge in [0.2, 0.25) is 0 Å². The zero-order chi connectivity index (χ0) is 26.4. The topological polar surface area (TPSA) is 100 Å². The van der Waals surface area contributed by atoms with Crippen molar-refractivity contribution in [2.24, 2.45) is 16.0 Å². The fraction of sp³-hybridized carbons (Fsp3) is 0.233. The van der Waals surface area contributed by atoms with Crippen molar-refractivity contribution < 1.29 is 14.3 Å². The third-order valence-electron chi connectivity index (χ3n) is 6.42. The molecule has 0 unspecified atom stereocenters. The van der Waals surface area contributed by atoms with Gasteiger partial charge in [-0.25, -0.2) is 4.39 Å². The lowest BCUT2D eigenvalue weighted by Crippen LogP contribution is -2.36. The molecular formula is C30H31FN4O2. The molecule has 4 N–H and O–H groups in total. The van der Waals surface area contributed by atoms with Crippen LogP contribution in [0, 0.1) is 5.82 Å². The molecule has 0 aliphatic carbocycles. The van der Waals surface area contributed by atoms with Gasteiger partial charge in [0.25, 0.3) is 5.91 Å². The lowest BCUT2D eigenvalue weighted by Gasteiger charge is -2.29. The number of hydrogen-bond donors (Lipinski definition) is 3. The Labute approximate surface area is 216 Å². The third kappa shape index (κ3) is 5.84. The largest absolute Gasteiger partial charge is 0.505 e. The first-order chi connectivity index (χ1) is 17.8. The van der Waals surface area contributed by atoms with Gasteiger partial charge in [0, 0.05) is 16.6 Å². The molecule has 0 radical (unpaired) electrons. The number of rotatable bonds is 9. The highest BCUT2D eigenvalue weighted by atomic mass is 19.1. The van der Waals surface area contributed by atoms with Gasteiger partial charge in [0.05, 0.1) is 11.3 Å². The summed E-state index contributed by atoms with van der Waals surface area (Å²) in [6, 6.07) is 22.1. The van der Waals surface area contributed by atoms with Crippen LogP contribution in [0.3, 0.4) is 0 Å². The maximum Gasteiger partial charge on any atom is 0.259 e. The standard InChI is InChI=1S/C30H31FN4O2/c1-3-16-30(32,17-4-2)21-12-14-23(15-13-21)34-35-27-25-11-6-5-8-20(25)18-26(28(27)36)29(37)33-24-10-7-9-22(31)19-24/h5-15,18-19,36H,3-4,16-17,32H2,1-2H3,(H,33,37). The van der Waals surface area contributed by atoms with E-state index in [1.807, 2.05) is 42.5 Å². The molecule has 0 saturated carbocycles. The molecule has 37 heavy (non-hydrogen) atoms. The minimum absolute atomic E-state index is 0.0132. The van der Waals surface area contributed by atoms with Crippen molar-refractivity contribution in [1.82, 2.24) is 0 Å². The van der Waals surface area contributed by atoms with Gasteiger partial charge in [-0.1, -0.05) is 69.2 Å². The van der Waals surface area contributed by atoms with Crippen molar-refractivity contribution >= 4 is 33.7 Å². The summed E-state index contributed by atoms with van der Waals surface area (Å²) in [5, 5.41) is 23.7. The Morgan fingerprint density at radius 2 is 1.65 bits per heavy atom. The summed E-state index contributed by atoms with van der Waals surface area (Å²) in [5.74, 6) is -1.36. The Morgan fingerprint density at radius 1 is 0.946 bits per heavy atom. The van der Waals surface area contributed by atoms with Gasteiger partial charge in [-0.05, 0) is 60.2 Å². The number of hydrogen-bond acceptors (Lipinski definition) is 5. The number of aromatic hydroxyl groups is 1. The number of amides is 1. The molecule has 0 saturated heterocycles. The van der Waals surface area contributed by atoms with Crippen LogP contribution in [0.5, 0.6) is 5.75 Å². The molecular weight excluding hydrogens is 467 g/mol. The number of halogens is 1. The highest BCUT2D eigenvalue weighted by Crippen LogP contribution is 2.40. The van der Waals surface area contributed by atoms with Crippen LogP contribution in [-0.4, -0.2) is 11.0 Å². The summed E-state index contributed by atoms with van der Waals surface area (Å²) in [5.41, 5.74) is 8.44. The van der Waals surface area contributed by atoms with Crippen molar-refractivity contribution in [2.45, 2.75) is 45.1 Å². The van der Waals surface area contributed by atoms with Gasteiger partial charge in [-0.15, -0.1) is 5.11 Å². The van der Waals surface area contributed by atoms with E-state index in [1.54, 1.807) is 18.2 Å². The number of azo groups is 1. The first-order valence-corrected chi connectivity index (χ1v) is 12.5. The van der Waals surface area contributed by atoms with Crippen LogP contribution in [-0.2, 0) is 5.54 Å². The second-order valence-corrected chi connectivity index (χ2v) is 9.21. The van der Waals surface area contributed by atoms with Gasteiger partial charge in [0.1, 0.15) is 11.5 Å². The Balaban J connectivity index is 1.67. The predicted molar refractivity (Wildman–Crippen MR) is 146 cm³/mol. The molecule has 1 amide bonds. The smallest absolute Gasteiger partial charge is 0.259 e. The van der Waals surface area contributed by atoms with Crippen LogP contribution >= 0.6 is 0 Å². The number of fused-ring (bicyclic) bond motifs is 1. The van der Waals surface area contributed by atoms with E-state index in [9.17, 15) is 14.3 Å². The lowest BCUT2D eigenvalue weighted by atomic mass is 9.83. The van der Waals surface area contributed by atoms with Crippen molar-refractivity contribution in [2.75, 3.05) is 5.32 Å². The predicted octanol–water partition coefficient (Wildman–Crippen LogP) is 8.11. The number of carbonyl (C=O) groups excluding carboxylic acids is 1. The van der Waals surface area contributed by atoms with Crippen molar-refractivity contribution in [1.29, 1.82) is 0 Å². The first kappa shape index (κ1) is 26.0. The maximum absolute atomic E-state index is 13.6. The van der Waals surface area contributed by atoms with Crippen LogP contribution in [0.4, 0.5) is 21.5 Å². The lowest BCUT2D eigenvalue weighted by molar-refractivity contribution is 0.102. The van der Waals surface area contributed by atoms with E-state index in [4.69, 9.17) is 5.73 Å². The number of phenolic OH excluding ortho intramolecular Hbond substituents is 1. The van der Waals surface area contributed by atoms with Gasteiger partial charge in [-0.2, -0.15) is 5.11 Å². The van der Waals surface area contributed by atoms with Crippen LogP contribution in [0.2, 0.25) is 0 Å². The molecule has 6 nitrogen and oxygen atoms in total. The number of benzene rings is 4. The normalized spacial score (nSPS) is 11.8. The number of nitrogens with zero attached hydrogens (tertiary/aromatic N) is 2. The molecule has 0 aliphatic rings. The molecule has 0 aliphatic heterocycles. The molecule has 4 aromatic carbocycles. The number of nitrogens with one attached hydrogen (secondary N) is 1. The van der Waals surface area contributed by atoms with E-state index < -0.39 is 11.7 Å². The van der Waals surface area contributed by atoms with Crippen LogP contribution < -0.4 is 11.1 Å². The third-order valence-corrected chi connectivity index (χ3v) is 6.42. The molecule has 0 aromatic heterocycles. The summed E-state index contributed by atoms with van der Waals surface area (Å²) < 4.78 is 13.6. The van der Waals surface area contributed by atoms with Gasteiger partial charge in [0.15, 0.2) is 5.75 Å². The van der Waals surface area contributed by atoms with E-state index in [0.717, 1.165) is 31.2 Å². The number of nitrogens with two attached hydrogens (primary N) is 1. The van der Waals surface area contributed by atoms with E-state index in [2.05, 4.69) is 29.4 Å². The number of phenols is 1. The Bertz CT molecular complexity index is 1430. The van der Waals surface area contributed by atoms with E-state index >= 15 is 0 Å². The maximum atomic E-state index is 13.6. The van der Waals surface area contributed by atoms with Crippen LogP contribution in [0.1, 0.15) is 55.5 Å². The summed E-state index contributed by atoms with van der Waals surface area (Å²) in [6.45, 7) is 4.26. The van der Waals surface area contributed by atoms with E-state index in [0.29, 0.717) is 16.5 Å². The first-order valence-electron chi connectivity index (χ1n) is 12.5. The molecule has 7 heteroatoms. The highest BCUT2D eigenvalue weighted by Gasteiger charge is 2.25. The van der Waals surface area contributed by atoms with E-state index in [1.165, 1.54) is 18.2 Å². The molecule has 0 bridgehead atoms. The quantitative estimate of drug-likeness (QED) is 0.203. The molecule has 0 atom stereocenters. The summed E-state index contributed by atoms with van der Waals surface area (Å²) >= 11 is 0. The average molecular weight is 499 g/mol. The summed E-state index contributed by atoms with van der Waals surface area (Å²) in [4.78, 5) is 13.0. The minimum atomic E-state index is -0.583. The molecule has 4 rings (SSSR count). The van der Waals surface area contributed by atoms with E-state index in [-0.39, 0.29) is 28.2 Å². The van der Waals surface area contributed by atoms with Crippen LogP contribution in [0.15, 0.2) is 89.1 Å². The Kier molecular flexibility index (Phi) is 7.94. The van der Waals surface area contributed by atoms with Crippen molar-refractivity contribution in [3.8, 4) is 5.75 Å². The van der Waals surface area contributed by atoms with Gasteiger partial charge in [-0.3, -0.25) is 4.79 Å².